The normalized spacial score (nSPS) is 20.8. The maximum atomic E-state index is 12.5. The quantitative estimate of drug-likeness (QED) is 0.812. The van der Waals surface area contributed by atoms with Crippen LogP contribution in [0, 0.1) is 11.3 Å². The van der Waals surface area contributed by atoms with E-state index in [0.29, 0.717) is 24.2 Å². The summed E-state index contributed by atoms with van der Waals surface area (Å²) >= 11 is 1.83. The van der Waals surface area contributed by atoms with Gasteiger partial charge in [-0.2, -0.15) is 5.26 Å². The number of rotatable bonds is 4. The summed E-state index contributed by atoms with van der Waals surface area (Å²) in [6.45, 7) is 1.49. The Labute approximate surface area is 151 Å². The van der Waals surface area contributed by atoms with Gasteiger partial charge in [0.1, 0.15) is 6.61 Å². The summed E-state index contributed by atoms with van der Waals surface area (Å²) in [6.07, 6.45) is 0.925. The molecule has 2 amide bonds. The lowest BCUT2D eigenvalue weighted by molar-refractivity contribution is -0.135. The first kappa shape index (κ1) is 17.8. The highest BCUT2D eigenvalue weighted by molar-refractivity contribution is 8.01. The third kappa shape index (κ3) is 3.80. The molecule has 2 aliphatic heterocycles. The van der Waals surface area contributed by atoms with Gasteiger partial charge in [-0.05, 0) is 24.6 Å². The largest absolute Gasteiger partial charge is 0.367 e. The molecule has 1 aromatic carbocycles. The minimum Gasteiger partial charge on any atom is -0.367 e. The van der Waals surface area contributed by atoms with E-state index in [2.05, 4.69) is 6.07 Å². The van der Waals surface area contributed by atoms with Crippen LogP contribution in [0.25, 0.3) is 0 Å². The second-order valence-corrected chi connectivity index (χ2v) is 8.26. The fourth-order valence-corrected chi connectivity index (χ4v) is 4.70. The molecule has 1 aromatic rings. The fourth-order valence-electron chi connectivity index (χ4n) is 3.15. The molecule has 1 atom stereocenters. The van der Waals surface area contributed by atoms with E-state index in [1.54, 1.807) is 38.4 Å². The number of likely N-dealkylation sites (N-methyl/N-ethyl adjacent to an activating group) is 1. The number of hydrogen-bond donors (Lipinski definition) is 0. The molecule has 6 nitrogen and oxygen atoms in total. The van der Waals surface area contributed by atoms with Crippen molar-refractivity contribution >= 4 is 23.6 Å². The second-order valence-electron chi connectivity index (χ2n) is 6.77. The molecule has 132 valence electrons. The monoisotopic (exact) mass is 359 g/mol. The van der Waals surface area contributed by atoms with E-state index in [4.69, 9.17) is 10.00 Å². The van der Waals surface area contributed by atoms with Crippen molar-refractivity contribution in [2.45, 2.75) is 17.3 Å². The van der Waals surface area contributed by atoms with Crippen molar-refractivity contribution in [3.05, 3.63) is 35.4 Å². The average Bonchev–Trinajstić information content (AvgIpc) is 3.02. The first-order chi connectivity index (χ1) is 11.9. The fraction of sp³-hybridized carbons (Fsp3) is 0.500. The van der Waals surface area contributed by atoms with E-state index < -0.39 is 0 Å². The van der Waals surface area contributed by atoms with Gasteiger partial charge in [-0.15, -0.1) is 11.8 Å². The molecule has 0 saturated carbocycles. The molecule has 2 saturated heterocycles. The third-order valence-corrected chi connectivity index (χ3v) is 6.18. The number of nitrogens with zero attached hydrogens (tertiary/aromatic N) is 3. The molecule has 25 heavy (non-hydrogen) atoms. The Hall–Kier alpha value is -2.04. The first-order valence-electron chi connectivity index (χ1n) is 8.18. The van der Waals surface area contributed by atoms with Crippen LogP contribution >= 0.6 is 11.8 Å². The predicted octanol–water partition coefficient (Wildman–Crippen LogP) is 1.36. The van der Waals surface area contributed by atoms with Crippen LogP contribution in [0.15, 0.2) is 24.3 Å². The van der Waals surface area contributed by atoms with Crippen LogP contribution in [0.3, 0.4) is 0 Å². The van der Waals surface area contributed by atoms with Crippen LogP contribution in [0.4, 0.5) is 0 Å². The molecule has 0 unspecified atom stereocenters. The van der Waals surface area contributed by atoms with Gasteiger partial charge < -0.3 is 14.5 Å². The molecule has 3 rings (SSSR count). The van der Waals surface area contributed by atoms with E-state index in [9.17, 15) is 9.59 Å². The van der Waals surface area contributed by atoms with Gasteiger partial charge in [0, 0.05) is 38.5 Å². The van der Waals surface area contributed by atoms with Crippen molar-refractivity contribution in [1.29, 1.82) is 5.26 Å². The van der Waals surface area contributed by atoms with E-state index in [1.165, 1.54) is 4.90 Å². The zero-order valence-electron chi connectivity index (χ0n) is 14.4. The Morgan fingerprint density at radius 2 is 2.20 bits per heavy atom. The molecule has 2 heterocycles. The van der Waals surface area contributed by atoms with Gasteiger partial charge in [-0.1, -0.05) is 6.07 Å². The summed E-state index contributed by atoms with van der Waals surface area (Å²) in [4.78, 5) is 27.5. The SMILES string of the molecule is CN(C)C(=O)CO[C@@H]1CSC2(C1)CN(C(=O)c1cccc(C#N)c1)C2. The smallest absolute Gasteiger partial charge is 0.253 e. The maximum Gasteiger partial charge on any atom is 0.253 e. The highest BCUT2D eigenvalue weighted by atomic mass is 32.2. The van der Waals surface area contributed by atoms with Gasteiger partial charge >= 0.3 is 0 Å². The molecule has 1 spiro atoms. The molecular formula is C18H21N3O3S. The Balaban J connectivity index is 1.51. The van der Waals surface area contributed by atoms with E-state index in [-0.39, 0.29) is 29.3 Å². The summed E-state index contributed by atoms with van der Waals surface area (Å²) in [5, 5.41) is 8.95. The number of amides is 2. The number of carbonyl (C=O) groups excluding carboxylic acids is 2. The van der Waals surface area contributed by atoms with Gasteiger partial charge in [0.25, 0.3) is 5.91 Å². The Morgan fingerprint density at radius 1 is 1.44 bits per heavy atom. The topological polar surface area (TPSA) is 73.6 Å². The number of carbonyl (C=O) groups is 2. The average molecular weight is 359 g/mol. The van der Waals surface area contributed by atoms with Gasteiger partial charge in [0.2, 0.25) is 5.91 Å². The Bertz CT molecular complexity index is 723. The van der Waals surface area contributed by atoms with Crippen molar-refractivity contribution in [1.82, 2.24) is 9.80 Å². The van der Waals surface area contributed by atoms with Gasteiger partial charge in [0.15, 0.2) is 0 Å². The zero-order chi connectivity index (χ0) is 18.0. The Morgan fingerprint density at radius 3 is 2.88 bits per heavy atom. The van der Waals surface area contributed by atoms with Crippen molar-refractivity contribution in [2.75, 3.05) is 39.5 Å². The lowest BCUT2D eigenvalue weighted by Gasteiger charge is -2.47. The molecule has 0 radical (unpaired) electrons. The standard InChI is InChI=1S/C18H21N3O3S/c1-20(2)16(22)9-24-15-7-18(25-10-15)11-21(12-18)17(23)14-5-3-4-13(6-14)8-19/h3-6,15H,7,9-12H2,1-2H3/t15-/m0/s1. The van der Waals surface area contributed by atoms with Crippen molar-refractivity contribution < 1.29 is 14.3 Å². The Kier molecular flexibility index (Phi) is 5.02. The number of hydrogen-bond acceptors (Lipinski definition) is 5. The van der Waals surface area contributed by atoms with E-state index in [1.807, 2.05) is 16.7 Å². The van der Waals surface area contributed by atoms with Gasteiger partial charge in [-0.3, -0.25) is 9.59 Å². The zero-order valence-corrected chi connectivity index (χ0v) is 15.2. The summed E-state index contributed by atoms with van der Waals surface area (Å²) in [7, 11) is 3.43. The van der Waals surface area contributed by atoms with Crippen LogP contribution in [-0.2, 0) is 9.53 Å². The molecular weight excluding hydrogens is 338 g/mol. The summed E-state index contributed by atoms with van der Waals surface area (Å²) < 4.78 is 5.77. The third-order valence-electron chi connectivity index (χ3n) is 4.60. The minimum absolute atomic E-state index is 0.0320. The molecule has 0 aliphatic carbocycles. The van der Waals surface area contributed by atoms with Crippen LogP contribution in [0.2, 0.25) is 0 Å². The van der Waals surface area contributed by atoms with Gasteiger partial charge in [0.05, 0.1) is 22.5 Å². The number of benzene rings is 1. The van der Waals surface area contributed by atoms with Crippen molar-refractivity contribution in [2.24, 2.45) is 0 Å². The second kappa shape index (κ2) is 7.06. The maximum absolute atomic E-state index is 12.5. The highest BCUT2D eigenvalue weighted by Crippen LogP contribution is 2.46. The van der Waals surface area contributed by atoms with Crippen molar-refractivity contribution in [3.63, 3.8) is 0 Å². The van der Waals surface area contributed by atoms with E-state index in [0.717, 1.165) is 12.2 Å². The molecule has 7 heteroatoms. The van der Waals surface area contributed by atoms with Crippen LogP contribution in [0.5, 0.6) is 0 Å². The molecule has 0 bridgehead atoms. The van der Waals surface area contributed by atoms with Crippen LogP contribution in [-0.4, -0.2) is 72.0 Å². The van der Waals surface area contributed by atoms with Crippen LogP contribution < -0.4 is 0 Å². The van der Waals surface area contributed by atoms with E-state index >= 15 is 0 Å². The number of likely N-dealkylation sites (tertiary alicyclic amines) is 1. The van der Waals surface area contributed by atoms with Gasteiger partial charge in [-0.25, -0.2) is 0 Å². The minimum atomic E-state index is -0.0336. The lowest BCUT2D eigenvalue weighted by atomic mass is 9.92. The summed E-state index contributed by atoms with van der Waals surface area (Å²) in [6, 6.07) is 8.86. The number of nitriles is 1. The number of ether oxygens (including phenoxy) is 1. The molecule has 0 aromatic heterocycles. The predicted molar refractivity (Wildman–Crippen MR) is 95.3 cm³/mol. The highest BCUT2D eigenvalue weighted by Gasteiger charge is 2.51. The summed E-state index contributed by atoms with van der Waals surface area (Å²) in [5.74, 6) is 0.788. The molecule has 2 aliphatic rings. The first-order valence-corrected chi connectivity index (χ1v) is 9.16. The van der Waals surface area contributed by atoms with Crippen LogP contribution in [0.1, 0.15) is 22.3 Å². The van der Waals surface area contributed by atoms with Crippen molar-refractivity contribution in [3.8, 4) is 6.07 Å². The molecule has 2 fully saturated rings. The lowest BCUT2D eigenvalue weighted by Crippen LogP contribution is -2.60. The molecule has 0 N–H and O–H groups in total. The summed E-state index contributed by atoms with van der Waals surface area (Å²) in [5.41, 5.74) is 1.05. The number of thioether (sulfide) groups is 1.